The predicted octanol–water partition coefficient (Wildman–Crippen LogP) is 6.67. The zero-order valence-corrected chi connectivity index (χ0v) is 20.4. The number of nitrogens with one attached hydrogen (secondary N) is 2. The molecule has 0 aliphatic rings. The van der Waals surface area contributed by atoms with Gasteiger partial charge in [-0.05, 0) is 86.7 Å². The number of aryl methyl sites for hydroxylation is 2. The average molecular weight is 489 g/mol. The third-order valence-corrected chi connectivity index (χ3v) is 4.97. The molecule has 3 aromatic rings. The van der Waals surface area contributed by atoms with Crippen molar-refractivity contribution in [2.45, 2.75) is 39.2 Å². The Bertz CT molecular complexity index is 1130. The summed E-state index contributed by atoms with van der Waals surface area (Å²) < 4.78 is 10.8. The van der Waals surface area contributed by atoms with Crippen LogP contribution in [0, 0.1) is 0 Å². The van der Waals surface area contributed by atoms with E-state index in [1.165, 1.54) is 6.20 Å². The van der Waals surface area contributed by atoms with Gasteiger partial charge >= 0.3 is 6.09 Å². The topological polar surface area (TPSA) is 85.4 Å². The molecule has 0 saturated heterocycles. The first kappa shape index (κ1) is 24.6. The molecule has 0 fully saturated rings. The normalized spacial score (nSPS) is 11.1. The molecule has 0 radical (unpaired) electrons. The molecule has 33 heavy (non-hydrogen) atoms. The summed E-state index contributed by atoms with van der Waals surface area (Å²) >= 11 is 12.0. The summed E-state index contributed by atoms with van der Waals surface area (Å²) in [5.41, 5.74) is 2.99. The lowest BCUT2D eigenvalue weighted by atomic mass is 10.0. The summed E-state index contributed by atoms with van der Waals surface area (Å²) in [7, 11) is 1.64. The second kappa shape index (κ2) is 10.7. The van der Waals surface area contributed by atoms with E-state index < -0.39 is 11.7 Å². The van der Waals surface area contributed by atoms with Crippen LogP contribution in [0.3, 0.4) is 0 Å². The van der Waals surface area contributed by atoms with Crippen LogP contribution in [0.5, 0.6) is 5.75 Å². The highest BCUT2D eigenvalue weighted by Crippen LogP contribution is 2.29. The van der Waals surface area contributed by atoms with Gasteiger partial charge in [-0.3, -0.25) is 5.32 Å². The van der Waals surface area contributed by atoms with Gasteiger partial charge in [0.2, 0.25) is 5.28 Å². The van der Waals surface area contributed by atoms with Crippen molar-refractivity contribution in [3.8, 4) is 5.75 Å². The lowest BCUT2D eigenvalue weighted by molar-refractivity contribution is 0.0636. The summed E-state index contributed by atoms with van der Waals surface area (Å²) in [6.07, 6.45) is 2.42. The van der Waals surface area contributed by atoms with Crippen molar-refractivity contribution in [1.82, 2.24) is 9.97 Å². The molecule has 7 nitrogen and oxygen atoms in total. The molecule has 1 heterocycles. The van der Waals surface area contributed by atoms with Crippen LogP contribution in [0.1, 0.15) is 31.9 Å². The molecule has 0 aliphatic heterocycles. The number of benzene rings is 2. The predicted molar refractivity (Wildman–Crippen MR) is 132 cm³/mol. The van der Waals surface area contributed by atoms with Crippen molar-refractivity contribution in [2.75, 3.05) is 17.7 Å². The van der Waals surface area contributed by atoms with E-state index >= 15 is 0 Å². The Morgan fingerprint density at radius 2 is 1.85 bits per heavy atom. The van der Waals surface area contributed by atoms with E-state index in [0.717, 1.165) is 29.0 Å². The van der Waals surface area contributed by atoms with Gasteiger partial charge in [-0.15, -0.1) is 0 Å². The van der Waals surface area contributed by atoms with Gasteiger partial charge in [-0.25, -0.2) is 9.78 Å². The minimum absolute atomic E-state index is 0.107. The lowest BCUT2D eigenvalue weighted by Crippen LogP contribution is -2.27. The number of halogens is 2. The molecule has 0 spiro atoms. The Hall–Kier alpha value is -3.03. The maximum Gasteiger partial charge on any atom is 0.412 e. The largest absolute Gasteiger partial charge is 0.496 e. The Labute approximate surface area is 203 Å². The summed E-state index contributed by atoms with van der Waals surface area (Å²) in [5, 5.41) is 6.42. The highest BCUT2D eigenvalue weighted by Gasteiger charge is 2.16. The highest BCUT2D eigenvalue weighted by molar-refractivity contribution is 6.33. The van der Waals surface area contributed by atoms with Gasteiger partial charge in [0.15, 0.2) is 5.82 Å². The van der Waals surface area contributed by atoms with E-state index in [9.17, 15) is 4.79 Å². The second-order valence-electron chi connectivity index (χ2n) is 8.31. The monoisotopic (exact) mass is 488 g/mol. The van der Waals surface area contributed by atoms with E-state index in [0.29, 0.717) is 22.9 Å². The third kappa shape index (κ3) is 7.51. The smallest absolute Gasteiger partial charge is 0.412 e. The molecular formula is C24H26Cl2N4O3. The van der Waals surface area contributed by atoms with E-state index in [1.54, 1.807) is 7.11 Å². The van der Waals surface area contributed by atoms with Gasteiger partial charge in [0.1, 0.15) is 16.4 Å². The van der Waals surface area contributed by atoms with Crippen molar-refractivity contribution in [3.63, 3.8) is 0 Å². The van der Waals surface area contributed by atoms with Crippen molar-refractivity contribution in [1.29, 1.82) is 0 Å². The number of hydrogen-bond acceptors (Lipinski definition) is 6. The minimum atomic E-state index is -0.557. The van der Waals surface area contributed by atoms with E-state index in [-0.39, 0.29) is 5.28 Å². The van der Waals surface area contributed by atoms with E-state index in [1.807, 2.05) is 63.2 Å². The fourth-order valence-electron chi connectivity index (χ4n) is 3.13. The zero-order chi connectivity index (χ0) is 24.0. The first-order chi connectivity index (χ1) is 15.6. The van der Waals surface area contributed by atoms with Crippen LogP contribution < -0.4 is 15.4 Å². The summed E-state index contributed by atoms with van der Waals surface area (Å²) in [6, 6.07) is 13.4. The Kier molecular flexibility index (Phi) is 8.00. The molecule has 0 saturated carbocycles. The number of hydrogen-bond donors (Lipinski definition) is 2. The fourth-order valence-corrected chi connectivity index (χ4v) is 3.40. The lowest BCUT2D eigenvalue weighted by Gasteiger charge is -2.19. The number of aromatic nitrogens is 2. The Balaban J connectivity index is 1.71. The third-order valence-electron chi connectivity index (χ3n) is 4.51. The van der Waals surface area contributed by atoms with Gasteiger partial charge in [0, 0.05) is 11.4 Å². The van der Waals surface area contributed by atoms with Crippen LogP contribution in [0.4, 0.5) is 22.0 Å². The number of carbonyl (C=O) groups is 1. The molecule has 0 bridgehead atoms. The number of amides is 1. The second-order valence-corrected chi connectivity index (χ2v) is 9.06. The number of nitrogens with zero attached hydrogens (tertiary/aromatic N) is 2. The molecule has 2 aromatic carbocycles. The van der Waals surface area contributed by atoms with Crippen LogP contribution in [0.2, 0.25) is 10.3 Å². The van der Waals surface area contributed by atoms with Gasteiger partial charge in [-0.2, -0.15) is 4.98 Å². The number of ether oxygens (including phenoxy) is 2. The Morgan fingerprint density at radius 1 is 1.06 bits per heavy atom. The molecule has 9 heteroatoms. The molecule has 1 aromatic heterocycles. The van der Waals surface area contributed by atoms with Crippen LogP contribution in [-0.2, 0) is 17.6 Å². The first-order valence-corrected chi connectivity index (χ1v) is 11.1. The number of anilines is 3. The maximum absolute atomic E-state index is 12.1. The van der Waals surface area contributed by atoms with E-state index in [4.69, 9.17) is 32.7 Å². The number of methoxy groups -OCH3 is 1. The summed E-state index contributed by atoms with van der Waals surface area (Å²) in [4.78, 5) is 20.0. The van der Waals surface area contributed by atoms with Crippen molar-refractivity contribution in [2.24, 2.45) is 0 Å². The van der Waals surface area contributed by atoms with E-state index in [2.05, 4.69) is 20.6 Å². The minimum Gasteiger partial charge on any atom is -0.496 e. The summed E-state index contributed by atoms with van der Waals surface area (Å²) in [6.45, 7) is 5.48. The fraction of sp³-hybridized carbons (Fsp3) is 0.292. The molecule has 0 aliphatic carbocycles. The molecule has 2 N–H and O–H groups in total. The zero-order valence-electron chi connectivity index (χ0n) is 18.9. The average Bonchev–Trinajstić information content (AvgIpc) is 2.74. The van der Waals surface area contributed by atoms with Crippen molar-refractivity contribution in [3.05, 3.63) is 70.1 Å². The quantitative estimate of drug-likeness (QED) is 0.361. The molecule has 0 unspecified atom stereocenters. The van der Waals surface area contributed by atoms with Crippen LogP contribution in [-0.4, -0.2) is 28.8 Å². The van der Waals surface area contributed by atoms with Crippen molar-refractivity contribution >= 4 is 46.5 Å². The van der Waals surface area contributed by atoms with Crippen molar-refractivity contribution < 1.29 is 14.3 Å². The van der Waals surface area contributed by atoms with Gasteiger partial charge < -0.3 is 14.8 Å². The molecule has 1 amide bonds. The number of rotatable bonds is 7. The standard InChI is InChI=1S/C24H26Cl2N4O3/c1-24(2,3)33-23(31)29-17-7-5-6-15(12-17)8-9-16-13-18(10-11-20(16)32-4)28-21-19(25)14-27-22(26)30-21/h5-7,10-14H,8-9H2,1-4H3,(H,29,31)(H,27,28,30). The Morgan fingerprint density at radius 3 is 2.58 bits per heavy atom. The van der Waals surface area contributed by atoms with Gasteiger partial charge in [-0.1, -0.05) is 23.7 Å². The molecule has 3 rings (SSSR count). The molecule has 174 valence electrons. The van der Waals surface area contributed by atoms with Crippen LogP contribution >= 0.6 is 23.2 Å². The highest BCUT2D eigenvalue weighted by atomic mass is 35.5. The SMILES string of the molecule is COc1ccc(Nc2nc(Cl)ncc2Cl)cc1CCc1cccc(NC(=O)OC(C)(C)C)c1. The number of carbonyl (C=O) groups excluding carboxylic acids is 1. The first-order valence-electron chi connectivity index (χ1n) is 10.3. The van der Waals surface area contributed by atoms with Crippen LogP contribution in [0.25, 0.3) is 0 Å². The molecular weight excluding hydrogens is 463 g/mol. The van der Waals surface area contributed by atoms with Crippen LogP contribution in [0.15, 0.2) is 48.7 Å². The maximum atomic E-state index is 12.1. The summed E-state index contributed by atoms with van der Waals surface area (Å²) in [5.74, 6) is 1.20. The van der Waals surface area contributed by atoms with Gasteiger partial charge in [0.25, 0.3) is 0 Å². The molecule has 0 atom stereocenters. The van der Waals surface area contributed by atoms with Gasteiger partial charge in [0.05, 0.1) is 13.3 Å².